The van der Waals surface area contributed by atoms with Gasteiger partial charge in [-0.15, -0.1) is 12.3 Å². The third-order valence-corrected chi connectivity index (χ3v) is 3.55. The molecule has 2 aliphatic rings. The van der Waals surface area contributed by atoms with E-state index in [9.17, 15) is 4.79 Å². The lowest BCUT2D eigenvalue weighted by Crippen LogP contribution is -2.53. The van der Waals surface area contributed by atoms with E-state index in [1.54, 1.807) is 0 Å². The van der Waals surface area contributed by atoms with Crippen molar-refractivity contribution < 1.29 is 4.79 Å². The Morgan fingerprint density at radius 3 is 2.53 bits per heavy atom. The second-order valence-electron chi connectivity index (χ2n) is 5.08. The third kappa shape index (κ3) is 3.45. The molecule has 94 valence electrons. The van der Waals surface area contributed by atoms with Crippen LogP contribution in [0.3, 0.4) is 0 Å². The summed E-state index contributed by atoms with van der Waals surface area (Å²) in [6, 6.07) is -0.519. The maximum atomic E-state index is 11.9. The highest BCUT2D eigenvalue weighted by atomic mass is 16.2. The van der Waals surface area contributed by atoms with E-state index in [-0.39, 0.29) is 5.91 Å². The molecule has 0 aromatic carbocycles. The number of amides is 1. The molecule has 4 nitrogen and oxygen atoms in total. The van der Waals surface area contributed by atoms with E-state index in [0.717, 1.165) is 32.1 Å². The average Bonchev–Trinajstić information content (AvgIpc) is 3.13. The van der Waals surface area contributed by atoms with Gasteiger partial charge in [-0.3, -0.25) is 9.69 Å². The fraction of sp³-hybridized carbons (Fsp3) is 0.769. The second-order valence-corrected chi connectivity index (χ2v) is 5.08. The Hall–Kier alpha value is -1.05. The first kappa shape index (κ1) is 12.4. The number of terminal acetylenes is 1. The minimum Gasteiger partial charge on any atom is -0.339 e. The first-order valence-corrected chi connectivity index (χ1v) is 6.41. The standard InChI is InChI=1S/C13H21N3O/c1-2-3-12(14)13(17)16-8-6-15(7-9-16)10-11-4-5-11/h1,11-12H,3-10,14H2. The molecular weight excluding hydrogens is 214 g/mol. The van der Waals surface area contributed by atoms with Gasteiger partial charge < -0.3 is 10.6 Å². The van der Waals surface area contributed by atoms with Crippen LogP contribution in [0.4, 0.5) is 0 Å². The number of piperazine rings is 1. The fourth-order valence-corrected chi connectivity index (χ4v) is 2.27. The Kier molecular flexibility index (Phi) is 4.03. The van der Waals surface area contributed by atoms with Gasteiger partial charge in [0.2, 0.25) is 5.91 Å². The largest absolute Gasteiger partial charge is 0.339 e. The summed E-state index contributed by atoms with van der Waals surface area (Å²) < 4.78 is 0. The summed E-state index contributed by atoms with van der Waals surface area (Å²) in [4.78, 5) is 16.2. The smallest absolute Gasteiger partial charge is 0.240 e. The summed E-state index contributed by atoms with van der Waals surface area (Å²) in [5.74, 6) is 3.37. The first-order valence-electron chi connectivity index (χ1n) is 6.41. The van der Waals surface area contributed by atoms with Gasteiger partial charge in [0.05, 0.1) is 6.04 Å². The number of nitrogens with two attached hydrogens (primary N) is 1. The number of nitrogens with zero attached hydrogens (tertiary/aromatic N) is 2. The van der Waals surface area contributed by atoms with Crippen LogP contribution >= 0.6 is 0 Å². The summed E-state index contributed by atoms with van der Waals surface area (Å²) in [5, 5.41) is 0. The van der Waals surface area contributed by atoms with Crippen molar-refractivity contribution in [2.45, 2.75) is 25.3 Å². The van der Waals surface area contributed by atoms with Gasteiger partial charge in [0.25, 0.3) is 0 Å². The summed E-state index contributed by atoms with van der Waals surface area (Å²) in [5.41, 5.74) is 5.74. The third-order valence-electron chi connectivity index (χ3n) is 3.55. The Labute approximate surface area is 103 Å². The van der Waals surface area contributed by atoms with E-state index in [1.165, 1.54) is 19.4 Å². The lowest BCUT2D eigenvalue weighted by atomic mass is 10.2. The molecule has 0 radical (unpaired) electrons. The van der Waals surface area contributed by atoms with E-state index in [2.05, 4.69) is 10.8 Å². The second kappa shape index (κ2) is 5.52. The molecule has 1 saturated carbocycles. The molecule has 1 aliphatic carbocycles. The van der Waals surface area contributed by atoms with Crippen LogP contribution in [0.25, 0.3) is 0 Å². The Morgan fingerprint density at radius 1 is 1.35 bits per heavy atom. The molecule has 2 rings (SSSR count). The predicted octanol–water partition coefficient (Wildman–Crippen LogP) is -0.109. The van der Waals surface area contributed by atoms with Gasteiger partial charge in [-0.1, -0.05) is 0 Å². The summed E-state index contributed by atoms with van der Waals surface area (Å²) in [6.07, 6.45) is 8.27. The van der Waals surface area contributed by atoms with Crippen LogP contribution in [-0.2, 0) is 4.79 Å². The normalized spacial score (nSPS) is 23.2. The Bertz CT molecular complexity index is 311. The van der Waals surface area contributed by atoms with E-state index >= 15 is 0 Å². The number of carbonyl (C=O) groups is 1. The van der Waals surface area contributed by atoms with E-state index in [4.69, 9.17) is 12.2 Å². The highest BCUT2D eigenvalue weighted by molar-refractivity contribution is 5.82. The van der Waals surface area contributed by atoms with Gasteiger partial charge in [-0.05, 0) is 18.8 Å². The van der Waals surface area contributed by atoms with Crippen LogP contribution in [0.15, 0.2) is 0 Å². The van der Waals surface area contributed by atoms with E-state index < -0.39 is 6.04 Å². The lowest BCUT2D eigenvalue weighted by molar-refractivity contribution is -0.134. The zero-order chi connectivity index (χ0) is 12.3. The first-order chi connectivity index (χ1) is 8.20. The number of hydrogen-bond donors (Lipinski definition) is 1. The summed E-state index contributed by atoms with van der Waals surface area (Å²) in [6.45, 7) is 4.75. The van der Waals surface area contributed by atoms with Crippen molar-refractivity contribution in [1.29, 1.82) is 0 Å². The summed E-state index contributed by atoms with van der Waals surface area (Å²) in [7, 11) is 0. The maximum Gasteiger partial charge on any atom is 0.240 e. The van der Waals surface area contributed by atoms with Crippen LogP contribution in [0.1, 0.15) is 19.3 Å². The fourth-order valence-electron chi connectivity index (χ4n) is 2.27. The van der Waals surface area contributed by atoms with Crippen molar-refractivity contribution in [2.24, 2.45) is 11.7 Å². The van der Waals surface area contributed by atoms with Crippen molar-refractivity contribution in [1.82, 2.24) is 9.80 Å². The van der Waals surface area contributed by atoms with Gasteiger partial charge in [0.1, 0.15) is 0 Å². The van der Waals surface area contributed by atoms with Gasteiger partial charge >= 0.3 is 0 Å². The zero-order valence-corrected chi connectivity index (χ0v) is 10.3. The van der Waals surface area contributed by atoms with Crippen LogP contribution in [-0.4, -0.2) is 54.5 Å². The molecule has 4 heteroatoms. The van der Waals surface area contributed by atoms with Crippen LogP contribution in [0.2, 0.25) is 0 Å². The minimum atomic E-state index is -0.519. The molecular formula is C13H21N3O. The molecule has 0 spiro atoms. The molecule has 1 amide bonds. The quantitative estimate of drug-likeness (QED) is 0.692. The number of hydrogen-bond acceptors (Lipinski definition) is 3. The minimum absolute atomic E-state index is 0.00835. The average molecular weight is 235 g/mol. The number of rotatable bonds is 4. The molecule has 2 fully saturated rings. The highest BCUT2D eigenvalue weighted by Gasteiger charge is 2.28. The van der Waals surface area contributed by atoms with Gasteiger partial charge in [0.15, 0.2) is 0 Å². The maximum absolute atomic E-state index is 11.9. The molecule has 1 saturated heterocycles. The molecule has 0 aromatic rings. The van der Waals surface area contributed by atoms with Gasteiger partial charge in [0, 0.05) is 39.1 Å². The Morgan fingerprint density at radius 2 is 2.00 bits per heavy atom. The van der Waals surface area contributed by atoms with Crippen LogP contribution in [0, 0.1) is 18.3 Å². The van der Waals surface area contributed by atoms with Gasteiger partial charge in [-0.25, -0.2) is 0 Å². The van der Waals surface area contributed by atoms with Crippen molar-refractivity contribution in [3.8, 4) is 12.3 Å². The lowest BCUT2D eigenvalue weighted by Gasteiger charge is -2.35. The molecule has 1 aliphatic heterocycles. The monoisotopic (exact) mass is 235 g/mol. The van der Waals surface area contributed by atoms with Crippen LogP contribution in [0.5, 0.6) is 0 Å². The predicted molar refractivity (Wildman–Crippen MR) is 67.2 cm³/mol. The SMILES string of the molecule is C#CCC(N)C(=O)N1CCN(CC2CC2)CC1. The van der Waals surface area contributed by atoms with Crippen LogP contribution < -0.4 is 5.73 Å². The van der Waals surface area contributed by atoms with E-state index in [0.29, 0.717) is 6.42 Å². The van der Waals surface area contributed by atoms with Crippen molar-refractivity contribution in [3.63, 3.8) is 0 Å². The number of carbonyl (C=O) groups excluding carboxylic acids is 1. The van der Waals surface area contributed by atoms with Crippen molar-refractivity contribution >= 4 is 5.91 Å². The van der Waals surface area contributed by atoms with Crippen molar-refractivity contribution in [2.75, 3.05) is 32.7 Å². The van der Waals surface area contributed by atoms with Gasteiger partial charge in [-0.2, -0.15) is 0 Å². The molecule has 1 heterocycles. The molecule has 0 aromatic heterocycles. The molecule has 1 unspecified atom stereocenters. The zero-order valence-electron chi connectivity index (χ0n) is 10.3. The molecule has 2 N–H and O–H groups in total. The molecule has 1 atom stereocenters. The Balaban J connectivity index is 1.73. The summed E-state index contributed by atoms with van der Waals surface area (Å²) >= 11 is 0. The topological polar surface area (TPSA) is 49.6 Å². The molecule has 17 heavy (non-hydrogen) atoms. The van der Waals surface area contributed by atoms with Crippen molar-refractivity contribution in [3.05, 3.63) is 0 Å². The molecule has 0 bridgehead atoms. The van der Waals surface area contributed by atoms with E-state index in [1.807, 2.05) is 4.90 Å². The highest BCUT2D eigenvalue weighted by Crippen LogP contribution is 2.29.